The van der Waals surface area contributed by atoms with E-state index in [4.69, 9.17) is 4.74 Å². The highest BCUT2D eigenvalue weighted by molar-refractivity contribution is 6.06. The van der Waals surface area contributed by atoms with Crippen LogP contribution in [0, 0.1) is 0 Å². The summed E-state index contributed by atoms with van der Waals surface area (Å²) in [5.41, 5.74) is 3.85. The zero-order chi connectivity index (χ0) is 19.3. The third-order valence-corrected chi connectivity index (χ3v) is 4.86. The fraction of sp³-hybridized carbons (Fsp3) is 0.227. The molecule has 0 radical (unpaired) electrons. The number of methoxy groups -OCH3 is 1. The van der Waals surface area contributed by atoms with Crippen molar-refractivity contribution in [3.05, 3.63) is 77.6 Å². The van der Waals surface area contributed by atoms with E-state index in [1.54, 1.807) is 24.4 Å². The van der Waals surface area contributed by atoms with Gasteiger partial charge in [0, 0.05) is 31.2 Å². The van der Waals surface area contributed by atoms with E-state index in [1.165, 1.54) is 11.1 Å². The molecule has 6 heteroatoms. The van der Waals surface area contributed by atoms with E-state index in [9.17, 15) is 4.79 Å². The summed E-state index contributed by atoms with van der Waals surface area (Å²) in [6.07, 6.45) is 4.88. The Balaban J connectivity index is 1.35. The summed E-state index contributed by atoms with van der Waals surface area (Å²) in [6.45, 7) is 1.39. The first-order valence-electron chi connectivity index (χ1n) is 9.33. The maximum Gasteiger partial charge on any atom is 0.261 e. The molecule has 1 amide bonds. The summed E-state index contributed by atoms with van der Waals surface area (Å²) < 4.78 is 5.24. The van der Waals surface area contributed by atoms with E-state index in [0.29, 0.717) is 24.6 Å². The second-order valence-electron chi connectivity index (χ2n) is 6.66. The van der Waals surface area contributed by atoms with Crippen LogP contribution in [0.4, 0.5) is 11.6 Å². The Kier molecular flexibility index (Phi) is 5.19. The van der Waals surface area contributed by atoms with E-state index >= 15 is 0 Å². The maximum absolute atomic E-state index is 12.8. The number of carbonyl (C=O) groups is 1. The van der Waals surface area contributed by atoms with Crippen molar-refractivity contribution in [2.24, 2.45) is 0 Å². The number of hydrogen-bond acceptors (Lipinski definition) is 5. The van der Waals surface area contributed by atoms with Crippen LogP contribution in [0.15, 0.2) is 60.9 Å². The first-order chi connectivity index (χ1) is 13.7. The molecule has 0 bridgehead atoms. The van der Waals surface area contributed by atoms with E-state index in [0.717, 1.165) is 24.3 Å². The van der Waals surface area contributed by atoms with Gasteiger partial charge in [-0.2, -0.15) is 0 Å². The van der Waals surface area contributed by atoms with Gasteiger partial charge in [-0.1, -0.05) is 30.3 Å². The van der Waals surface area contributed by atoms with Gasteiger partial charge in [-0.25, -0.2) is 9.97 Å². The number of carbonyl (C=O) groups excluding carboxylic acids is 1. The number of rotatable bonds is 6. The molecule has 142 valence electrons. The fourth-order valence-electron chi connectivity index (χ4n) is 3.38. The molecule has 0 spiro atoms. The molecule has 0 aliphatic carbocycles. The standard InChI is InChI=1S/C22H22N4O2/c1-28-19-7-4-5-16(13-19)9-11-23-22-24-14-18(15-25-22)21(27)26-12-10-17-6-2-3-8-20(17)26/h2-8,13-15H,9-12H2,1H3,(H,23,24,25). The lowest BCUT2D eigenvalue weighted by Crippen LogP contribution is -2.29. The third-order valence-electron chi connectivity index (χ3n) is 4.86. The number of aromatic nitrogens is 2. The van der Waals surface area contributed by atoms with Gasteiger partial charge < -0.3 is 15.0 Å². The molecule has 1 aliphatic rings. The van der Waals surface area contributed by atoms with E-state index in [-0.39, 0.29) is 5.91 Å². The number of hydrogen-bond donors (Lipinski definition) is 1. The van der Waals surface area contributed by atoms with Crippen molar-refractivity contribution in [3.63, 3.8) is 0 Å². The summed E-state index contributed by atoms with van der Waals surface area (Å²) in [5, 5.41) is 3.19. The van der Waals surface area contributed by atoms with Gasteiger partial charge >= 0.3 is 0 Å². The summed E-state index contributed by atoms with van der Waals surface area (Å²) in [6, 6.07) is 16.0. The summed E-state index contributed by atoms with van der Waals surface area (Å²) >= 11 is 0. The van der Waals surface area contributed by atoms with Gasteiger partial charge in [0.2, 0.25) is 5.95 Å². The van der Waals surface area contributed by atoms with Gasteiger partial charge in [0.15, 0.2) is 0 Å². The Morgan fingerprint density at radius 3 is 2.79 bits per heavy atom. The highest BCUT2D eigenvalue weighted by Gasteiger charge is 2.25. The number of nitrogens with one attached hydrogen (secondary N) is 1. The largest absolute Gasteiger partial charge is 0.497 e. The number of amides is 1. The number of nitrogens with zero attached hydrogens (tertiary/aromatic N) is 3. The Hall–Kier alpha value is -3.41. The van der Waals surface area contributed by atoms with E-state index in [2.05, 4.69) is 27.4 Å². The SMILES string of the molecule is COc1cccc(CCNc2ncc(C(=O)N3CCc4ccccc43)cn2)c1. The van der Waals surface area contributed by atoms with Crippen molar-refractivity contribution < 1.29 is 9.53 Å². The molecule has 0 unspecified atom stereocenters. The molecular weight excluding hydrogens is 352 g/mol. The molecule has 3 aromatic rings. The quantitative estimate of drug-likeness (QED) is 0.717. The lowest BCUT2D eigenvalue weighted by molar-refractivity contribution is 0.0988. The number of para-hydroxylation sites is 1. The van der Waals surface area contributed by atoms with Crippen molar-refractivity contribution in [2.75, 3.05) is 30.4 Å². The molecule has 2 heterocycles. The predicted molar refractivity (Wildman–Crippen MR) is 109 cm³/mol. The zero-order valence-electron chi connectivity index (χ0n) is 15.8. The molecule has 6 nitrogen and oxygen atoms in total. The minimum Gasteiger partial charge on any atom is -0.497 e. The summed E-state index contributed by atoms with van der Waals surface area (Å²) in [7, 11) is 1.66. The number of fused-ring (bicyclic) bond motifs is 1. The normalized spacial score (nSPS) is 12.5. The van der Waals surface area contributed by atoms with E-state index < -0.39 is 0 Å². The summed E-state index contributed by atoms with van der Waals surface area (Å²) in [4.78, 5) is 23.2. The van der Waals surface area contributed by atoms with Crippen LogP contribution in [0.25, 0.3) is 0 Å². The predicted octanol–water partition coefficient (Wildman–Crippen LogP) is 3.34. The lowest BCUT2D eigenvalue weighted by Gasteiger charge is -2.17. The Morgan fingerprint density at radius 2 is 1.96 bits per heavy atom. The zero-order valence-corrected chi connectivity index (χ0v) is 15.8. The minimum atomic E-state index is -0.0621. The topological polar surface area (TPSA) is 67.3 Å². The van der Waals surface area contributed by atoms with Gasteiger partial charge in [0.25, 0.3) is 5.91 Å². The van der Waals surface area contributed by atoms with Gasteiger partial charge in [-0.15, -0.1) is 0 Å². The van der Waals surface area contributed by atoms with Crippen LogP contribution in [0.5, 0.6) is 5.75 Å². The van der Waals surface area contributed by atoms with Crippen LogP contribution in [-0.2, 0) is 12.8 Å². The first-order valence-corrected chi connectivity index (χ1v) is 9.33. The van der Waals surface area contributed by atoms with Gasteiger partial charge in [-0.05, 0) is 42.2 Å². The van der Waals surface area contributed by atoms with Crippen molar-refractivity contribution >= 4 is 17.5 Å². The Labute approximate surface area is 164 Å². The molecule has 28 heavy (non-hydrogen) atoms. The van der Waals surface area contributed by atoms with Crippen LogP contribution >= 0.6 is 0 Å². The molecule has 1 N–H and O–H groups in total. The van der Waals surface area contributed by atoms with Crippen molar-refractivity contribution in [3.8, 4) is 5.75 Å². The van der Waals surface area contributed by atoms with Crippen LogP contribution in [0.1, 0.15) is 21.5 Å². The molecule has 0 fully saturated rings. The number of benzene rings is 2. The molecular formula is C22H22N4O2. The summed E-state index contributed by atoms with van der Waals surface area (Å²) in [5.74, 6) is 1.30. The maximum atomic E-state index is 12.8. The van der Waals surface area contributed by atoms with Crippen molar-refractivity contribution in [1.82, 2.24) is 9.97 Å². The average molecular weight is 374 g/mol. The fourth-order valence-corrected chi connectivity index (χ4v) is 3.38. The second kappa shape index (κ2) is 8.08. The molecule has 1 aliphatic heterocycles. The van der Waals surface area contributed by atoms with Crippen LogP contribution in [0.3, 0.4) is 0 Å². The van der Waals surface area contributed by atoms with Crippen molar-refractivity contribution in [2.45, 2.75) is 12.8 Å². The third kappa shape index (κ3) is 3.81. The molecule has 4 rings (SSSR count). The van der Waals surface area contributed by atoms with Gasteiger partial charge in [0.05, 0.1) is 12.7 Å². The Morgan fingerprint density at radius 1 is 1.14 bits per heavy atom. The van der Waals surface area contributed by atoms with Gasteiger partial charge in [0.1, 0.15) is 5.75 Å². The highest BCUT2D eigenvalue weighted by atomic mass is 16.5. The first kappa shape index (κ1) is 18.0. The van der Waals surface area contributed by atoms with E-state index in [1.807, 2.05) is 36.4 Å². The highest BCUT2D eigenvalue weighted by Crippen LogP contribution is 2.28. The number of anilines is 2. The minimum absolute atomic E-state index is 0.0621. The average Bonchev–Trinajstić information content (AvgIpc) is 3.18. The molecule has 2 aromatic carbocycles. The van der Waals surface area contributed by atoms with Gasteiger partial charge in [-0.3, -0.25) is 4.79 Å². The molecule has 0 atom stereocenters. The molecule has 0 saturated carbocycles. The second-order valence-corrected chi connectivity index (χ2v) is 6.66. The smallest absolute Gasteiger partial charge is 0.261 e. The Bertz CT molecular complexity index is 972. The van der Waals surface area contributed by atoms with Crippen molar-refractivity contribution in [1.29, 1.82) is 0 Å². The molecule has 0 saturated heterocycles. The van der Waals surface area contributed by atoms with Crippen LogP contribution in [-0.4, -0.2) is 36.1 Å². The molecule has 1 aromatic heterocycles. The van der Waals surface area contributed by atoms with Crippen LogP contribution in [0.2, 0.25) is 0 Å². The lowest BCUT2D eigenvalue weighted by atomic mass is 10.1. The monoisotopic (exact) mass is 374 g/mol. The number of ether oxygens (including phenoxy) is 1. The van der Waals surface area contributed by atoms with Crippen LogP contribution < -0.4 is 15.0 Å².